The first-order valence-corrected chi connectivity index (χ1v) is 10.7. The first kappa shape index (κ1) is 20.7. The van der Waals surface area contributed by atoms with E-state index in [1.54, 1.807) is 12.1 Å². The van der Waals surface area contributed by atoms with E-state index < -0.39 is 10.0 Å². The highest BCUT2D eigenvalue weighted by atomic mass is 32.2. The molecule has 1 saturated heterocycles. The zero-order chi connectivity index (χ0) is 19.2. The van der Waals surface area contributed by atoms with Crippen LogP contribution in [-0.4, -0.2) is 51.0 Å². The normalized spacial score (nSPS) is 17.5. The minimum atomic E-state index is -3.69. The number of hydrogen-bond donors (Lipinski definition) is 3. The molecule has 0 spiro atoms. The summed E-state index contributed by atoms with van der Waals surface area (Å²) >= 11 is 0. The Morgan fingerprint density at radius 2 is 2.04 bits per heavy atom. The number of likely N-dealkylation sites (tertiary alicyclic amines) is 1. The van der Waals surface area contributed by atoms with Crippen LogP contribution in [-0.2, 0) is 16.6 Å². The second-order valence-electron chi connectivity index (χ2n) is 6.94. The standard InChI is InChI=1S/C18H31N5O2S/c1-4-20-18(22-16-8-10-23(11-9-16)14(2)3)21-13-15-6-5-7-17(12-15)26(19,24)25/h5-7,12,14,16H,4,8-11,13H2,1-3H3,(H2,19,24,25)(H2,20,21,22). The Hall–Kier alpha value is -1.64. The van der Waals surface area contributed by atoms with Crippen LogP contribution in [0.4, 0.5) is 0 Å². The molecule has 0 radical (unpaired) electrons. The number of rotatable bonds is 6. The van der Waals surface area contributed by atoms with Crippen molar-refractivity contribution in [1.29, 1.82) is 0 Å². The van der Waals surface area contributed by atoms with Gasteiger partial charge in [0.15, 0.2) is 5.96 Å². The van der Waals surface area contributed by atoms with Gasteiger partial charge in [-0.25, -0.2) is 18.5 Å². The SMILES string of the molecule is CCNC(=NCc1cccc(S(N)(=O)=O)c1)NC1CCN(C(C)C)CC1. The number of hydrogen-bond acceptors (Lipinski definition) is 4. The number of primary sulfonamides is 1. The molecule has 26 heavy (non-hydrogen) atoms. The van der Waals surface area contributed by atoms with Gasteiger partial charge in [-0.2, -0.15) is 0 Å². The lowest BCUT2D eigenvalue weighted by Crippen LogP contribution is -2.49. The first-order valence-electron chi connectivity index (χ1n) is 9.20. The molecule has 0 aliphatic carbocycles. The largest absolute Gasteiger partial charge is 0.357 e. The Kier molecular flexibility index (Phi) is 7.43. The van der Waals surface area contributed by atoms with Gasteiger partial charge in [0.05, 0.1) is 11.4 Å². The monoisotopic (exact) mass is 381 g/mol. The van der Waals surface area contributed by atoms with Crippen LogP contribution in [0.15, 0.2) is 34.2 Å². The summed E-state index contributed by atoms with van der Waals surface area (Å²) in [6.45, 7) is 9.83. The third-order valence-corrected chi connectivity index (χ3v) is 5.50. The molecule has 7 nitrogen and oxygen atoms in total. The van der Waals surface area contributed by atoms with Crippen molar-refractivity contribution in [2.75, 3.05) is 19.6 Å². The van der Waals surface area contributed by atoms with Crippen molar-refractivity contribution in [2.24, 2.45) is 10.1 Å². The van der Waals surface area contributed by atoms with Crippen molar-refractivity contribution in [2.45, 2.75) is 57.1 Å². The molecule has 1 aliphatic heterocycles. The van der Waals surface area contributed by atoms with Crippen molar-refractivity contribution in [3.63, 3.8) is 0 Å². The van der Waals surface area contributed by atoms with Crippen LogP contribution in [0.3, 0.4) is 0 Å². The van der Waals surface area contributed by atoms with E-state index >= 15 is 0 Å². The van der Waals surface area contributed by atoms with Crippen molar-refractivity contribution < 1.29 is 8.42 Å². The van der Waals surface area contributed by atoms with Crippen LogP contribution in [0.5, 0.6) is 0 Å². The van der Waals surface area contributed by atoms with E-state index in [0.29, 0.717) is 18.6 Å². The van der Waals surface area contributed by atoms with Crippen LogP contribution in [0.2, 0.25) is 0 Å². The molecule has 0 saturated carbocycles. The molecule has 4 N–H and O–H groups in total. The Morgan fingerprint density at radius 1 is 1.35 bits per heavy atom. The average molecular weight is 382 g/mol. The maximum absolute atomic E-state index is 11.5. The van der Waals surface area contributed by atoms with Crippen LogP contribution < -0.4 is 15.8 Å². The minimum absolute atomic E-state index is 0.115. The highest BCUT2D eigenvalue weighted by molar-refractivity contribution is 7.89. The van der Waals surface area contributed by atoms with E-state index in [-0.39, 0.29) is 4.90 Å². The predicted molar refractivity (Wildman–Crippen MR) is 105 cm³/mol. The van der Waals surface area contributed by atoms with Crippen LogP contribution in [0.25, 0.3) is 0 Å². The van der Waals surface area contributed by atoms with Crippen LogP contribution in [0.1, 0.15) is 39.2 Å². The van der Waals surface area contributed by atoms with Gasteiger partial charge in [0.25, 0.3) is 0 Å². The fraction of sp³-hybridized carbons (Fsp3) is 0.611. The predicted octanol–water partition coefficient (Wildman–Crippen LogP) is 1.26. The molecule has 1 aromatic rings. The lowest BCUT2D eigenvalue weighted by Gasteiger charge is -2.35. The molecule has 8 heteroatoms. The van der Waals surface area contributed by atoms with Gasteiger partial charge in [-0.15, -0.1) is 0 Å². The minimum Gasteiger partial charge on any atom is -0.357 e. The van der Waals surface area contributed by atoms with Crippen LogP contribution >= 0.6 is 0 Å². The molecule has 2 rings (SSSR count). The van der Waals surface area contributed by atoms with Gasteiger partial charge >= 0.3 is 0 Å². The van der Waals surface area contributed by atoms with E-state index in [4.69, 9.17) is 5.14 Å². The summed E-state index contributed by atoms with van der Waals surface area (Å²) in [6.07, 6.45) is 2.17. The quantitative estimate of drug-likeness (QED) is 0.509. The molecular weight excluding hydrogens is 350 g/mol. The second-order valence-corrected chi connectivity index (χ2v) is 8.50. The topological polar surface area (TPSA) is 99.8 Å². The Bertz CT molecular complexity index is 710. The molecule has 1 fully saturated rings. The summed E-state index contributed by atoms with van der Waals surface area (Å²) in [5.41, 5.74) is 0.809. The van der Waals surface area contributed by atoms with Crippen molar-refractivity contribution in [3.8, 4) is 0 Å². The van der Waals surface area contributed by atoms with Crippen molar-refractivity contribution in [3.05, 3.63) is 29.8 Å². The Labute approximate surface area is 157 Å². The number of aliphatic imine (C=N–C) groups is 1. The molecule has 0 unspecified atom stereocenters. The number of piperidine rings is 1. The lowest BCUT2D eigenvalue weighted by molar-refractivity contribution is 0.167. The van der Waals surface area contributed by atoms with Gasteiger partial charge < -0.3 is 15.5 Å². The van der Waals surface area contributed by atoms with Crippen molar-refractivity contribution in [1.82, 2.24) is 15.5 Å². The van der Waals surface area contributed by atoms with E-state index in [0.717, 1.165) is 44.0 Å². The summed E-state index contributed by atoms with van der Waals surface area (Å²) < 4.78 is 23.0. The third-order valence-electron chi connectivity index (χ3n) is 4.59. The number of nitrogens with two attached hydrogens (primary N) is 1. The van der Waals surface area contributed by atoms with Crippen LogP contribution in [0, 0.1) is 0 Å². The van der Waals surface area contributed by atoms with E-state index in [2.05, 4.69) is 34.4 Å². The first-order chi connectivity index (χ1) is 12.3. The third kappa shape index (κ3) is 6.26. The zero-order valence-electron chi connectivity index (χ0n) is 15.9. The molecule has 0 bridgehead atoms. The molecule has 0 aromatic heterocycles. The summed E-state index contributed by atoms with van der Waals surface area (Å²) in [6, 6.07) is 7.59. The lowest BCUT2D eigenvalue weighted by atomic mass is 10.0. The number of guanidine groups is 1. The van der Waals surface area contributed by atoms with Gasteiger partial charge in [-0.1, -0.05) is 12.1 Å². The molecule has 146 valence electrons. The molecule has 1 aromatic carbocycles. The fourth-order valence-electron chi connectivity index (χ4n) is 3.06. The van der Waals surface area contributed by atoms with Gasteiger partial charge in [0, 0.05) is 31.7 Å². The summed E-state index contributed by atoms with van der Waals surface area (Å²) in [7, 11) is -3.69. The van der Waals surface area contributed by atoms with E-state index in [1.807, 2.05) is 13.0 Å². The Morgan fingerprint density at radius 3 is 2.62 bits per heavy atom. The highest BCUT2D eigenvalue weighted by Gasteiger charge is 2.21. The van der Waals surface area contributed by atoms with Gasteiger partial charge in [0.1, 0.15) is 0 Å². The zero-order valence-corrected chi connectivity index (χ0v) is 16.7. The summed E-state index contributed by atoms with van der Waals surface area (Å²) in [4.78, 5) is 7.20. The molecule has 1 aliphatic rings. The highest BCUT2D eigenvalue weighted by Crippen LogP contribution is 2.13. The van der Waals surface area contributed by atoms with Gasteiger partial charge in [-0.3, -0.25) is 0 Å². The van der Waals surface area contributed by atoms with Crippen molar-refractivity contribution >= 4 is 16.0 Å². The number of nitrogens with one attached hydrogen (secondary N) is 2. The smallest absolute Gasteiger partial charge is 0.238 e. The van der Waals surface area contributed by atoms with Gasteiger partial charge in [-0.05, 0) is 51.3 Å². The maximum atomic E-state index is 11.5. The van der Waals surface area contributed by atoms with Gasteiger partial charge in [0.2, 0.25) is 10.0 Å². The second kappa shape index (κ2) is 9.34. The fourth-order valence-corrected chi connectivity index (χ4v) is 3.65. The Balaban J connectivity index is 1.99. The number of sulfonamides is 1. The molecule has 1 heterocycles. The summed E-state index contributed by atoms with van der Waals surface area (Å²) in [5.74, 6) is 0.761. The van der Waals surface area contributed by atoms with E-state index in [1.165, 1.54) is 6.07 Å². The average Bonchev–Trinajstić information content (AvgIpc) is 2.60. The van der Waals surface area contributed by atoms with E-state index in [9.17, 15) is 8.42 Å². The molecule has 0 amide bonds. The number of benzene rings is 1. The molecular formula is C18H31N5O2S. The number of nitrogens with zero attached hydrogens (tertiary/aromatic N) is 2. The molecule has 0 atom stereocenters. The summed E-state index contributed by atoms with van der Waals surface area (Å²) in [5, 5.41) is 12.0. The maximum Gasteiger partial charge on any atom is 0.238 e.